The van der Waals surface area contributed by atoms with Gasteiger partial charge < -0.3 is 10.6 Å². The van der Waals surface area contributed by atoms with Crippen molar-refractivity contribution in [3.05, 3.63) is 92.6 Å². The van der Waals surface area contributed by atoms with E-state index in [2.05, 4.69) is 15.7 Å². The van der Waals surface area contributed by atoms with Crippen LogP contribution in [0.5, 0.6) is 0 Å². The molecule has 0 radical (unpaired) electrons. The molecule has 206 valence electrons. The van der Waals surface area contributed by atoms with Gasteiger partial charge in [0.15, 0.2) is 0 Å². The third-order valence-corrected chi connectivity index (χ3v) is 7.61. The Bertz CT molecular complexity index is 1730. The Morgan fingerprint density at radius 1 is 1.12 bits per heavy atom. The molecule has 1 aliphatic carbocycles. The van der Waals surface area contributed by atoms with Crippen LogP contribution in [-0.2, 0) is 19.6 Å². The summed E-state index contributed by atoms with van der Waals surface area (Å²) in [5, 5.41) is 10.7. The number of hydrogen-bond donors (Lipinski definition) is 2. The molecular weight excluding hydrogens is 555 g/mol. The molecule has 1 aromatic heterocycles. The highest BCUT2D eigenvalue weighted by molar-refractivity contribution is 6.31. The monoisotopic (exact) mass is 574 g/mol. The summed E-state index contributed by atoms with van der Waals surface area (Å²) in [5.74, 6) is -2.96. The number of benzene rings is 3. The molecule has 0 bridgehead atoms. The van der Waals surface area contributed by atoms with Gasteiger partial charge in [0.2, 0.25) is 0 Å². The number of anilines is 1. The third kappa shape index (κ3) is 4.57. The lowest BCUT2D eigenvalue weighted by molar-refractivity contribution is -0.137. The molecule has 6 rings (SSSR count). The minimum atomic E-state index is -4.87. The van der Waals surface area contributed by atoms with Crippen molar-refractivity contribution in [3.8, 4) is 0 Å². The van der Waals surface area contributed by atoms with Gasteiger partial charge in [0, 0.05) is 45.5 Å². The molecule has 12 heteroatoms. The fourth-order valence-electron chi connectivity index (χ4n) is 5.19. The molecule has 1 aliphatic heterocycles. The maximum Gasteiger partial charge on any atom is 0.416 e. The lowest BCUT2D eigenvalue weighted by Gasteiger charge is -2.18. The average molecular weight is 575 g/mol. The first-order chi connectivity index (χ1) is 18.9. The van der Waals surface area contributed by atoms with Crippen LogP contribution in [0.15, 0.2) is 42.5 Å². The molecule has 0 saturated heterocycles. The Kier molecular flexibility index (Phi) is 6.10. The zero-order chi connectivity index (χ0) is 28.5. The van der Waals surface area contributed by atoms with Gasteiger partial charge in [-0.05, 0) is 67.6 Å². The summed E-state index contributed by atoms with van der Waals surface area (Å²) in [5.41, 5.74) is -0.0544. The predicted octanol–water partition coefficient (Wildman–Crippen LogP) is 6.56. The van der Waals surface area contributed by atoms with Crippen LogP contribution >= 0.6 is 11.6 Å². The summed E-state index contributed by atoms with van der Waals surface area (Å²) < 4.78 is 69.9. The summed E-state index contributed by atoms with van der Waals surface area (Å²) in [6.07, 6.45) is -2.11. The van der Waals surface area contributed by atoms with Gasteiger partial charge in [0.05, 0.1) is 17.2 Å². The Morgan fingerprint density at radius 3 is 2.58 bits per heavy atom. The number of aryl methyl sites for hydroxylation is 1. The lowest BCUT2D eigenvalue weighted by Crippen LogP contribution is -2.21. The predicted molar refractivity (Wildman–Crippen MR) is 137 cm³/mol. The zero-order valence-corrected chi connectivity index (χ0v) is 21.6. The Morgan fingerprint density at radius 2 is 1.88 bits per heavy atom. The minimum absolute atomic E-state index is 0.0824. The first kappa shape index (κ1) is 26.2. The number of carbonyl (C=O) groups excluding carboxylic acids is 2. The molecule has 1 saturated carbocycles. The van der Waals surface area contributed by atoms with E-state index in [4.69, 9.17) is 11.6 Å². The van der Waals surface area contributed by atoms with Crippen LogP contribution < -0.4 is 10.6 Å². The number of fused-ring (bicyclic) bond motifs is 3. The van der Waals surface area contributed by atoms with E-state index in [1.165, 1.54) is 6.07 Å². The second-order valence-corrected chi connectivity index (χ2v) is 10.5. The number of amides is 2. The standard InChI is InChI=1S/C28H20ClF5N4O2/c1-38-21(6-12-2-3-12)18-11-20(35-26(39)13-7-14(28(32,33)34)9-16(31)8-13)22-23(25(18)37-38)27(40)36-24(22)17-10-15(30)4-5-19(17)29/h4-5,7-12,24H,2-3,6H2,1H3,(H,35,39)(H,36,40). The summed E-state index contributed by atoms with van der Waals surface area (Å²) in [6.45, 7) is 0. The van der Waals surface area contributed by atoms with Crippen molar-refractivity contribution in [3.63, 3.8) is 0 Å². The fourth-order valence-corrected chi connectivity index (χ4v) is 5.42. The van der Waals surface area contributed by atoms with Crippen LogP contribution in [0, 0.1) is 17.6 Å². The molecule has 1 atom stereocenters. The number of aromatic nitrogens is 2. The molecule has 1 unspecified atom stereocenters. The van der Waals surface area contributed by atoms with Crippen LogP contribution in [0.1, 0.15) is 62.0 Å². The summed E-state index contributed by atoms with van der Waals surface area (Å²) >= 11 is 6.36. The maximum absolute atomic E-state index is 14.2. The van der Waals surface area contributed by atoms with Crippen LogP contribution in [-0.4, -0.2) is 21.6 Å². The van der Waals surface area contributed by atoms with Gasteiger partial charge in [-0.3, -0.25) is 14.3 Å². The van der Waals surface area contributed by atoms with Gasteiger partial charge >= 0.3 is 6.18 Å². The topological polar surface area (TPSA) is 76.0 Å². The Labute approximate surface area is 229 Å². The van der Waals surface area contributed by atoms with E-state index in [0.29, 0.717) is 41.4 Å². The molecule has 2 aliphatic rings. The van der Waals surface area contributed by atoms with Gasteiger partial charge in [-0.1, -0.05) is 11.6 Å². The maximum atomic E-state index is 14.2. The van der Waals surface area contributed by atoms with Crippen molar-refractivity contribution in [2.75, 3.05) is 5.32 Å². The second kappa shape index (κ2) is 9.29. The number of hydrogen-bond acceptors (Lipinski definition) is 3. The van der Waals surface area contributed by atoms with E-state index >= 15 is 0 Å². The van der Waals surface area contributed by atoms with Crippen LogP contribution in [0.25, 0.3) is 10.9 Å². The second-order valence-electron chi connectivity index (χ2n) is 10.1. The Hall–Kier alpha value is -3.99. The van der Waals surface area contributed by atoms with E-state index in [0.717, 1.165) is 30.7 Å². The molecule has 4 aromatic rings. The van der Waals surface area contributed by atoms with Crippen molar-refractivity contribution in [1.82, 2.24) is 15.1 Å². The van der Waals surface area contributed by atoms with Gasteiger partial charge in [-0.2, -0.15) is 18.3 Å². The Balaban J connectivity index is 1.54. The summed E-state index contributed by atoms with van der Waals surface area (Å²) in [6, 6.07) is 5.76. The molecule has 3 aromatic carbocycles. The van der Waals surface area contributed by atoms with Crippen LogP contribution in [0.3, 0.4) is 0 Å². The van der Waals surface area contributed by atoms with Gasteiger partial charge in [-0.15, -0.1) is 0 Å². The SMILES string of the molecule is Cn1nc2c3c(c(NC(=O)c4cc(F)cc(C(F)(F)F)c4)cc2c1CC1CC1)C(c1cc(F)ccc1Cl)NC3=O. The molecule has 2 heterocycles. The average Bonchev–Trinajstić information content (AvgIpc) is 3.57. The van der Waals surface area contributed by atoms with Gasteiger partial charge in [0.25, 0.3) is 11.8 Å². The molecule has 1 fully saturated rings. The van der Waals surface area contributed by atoms with E-state index < -0.39 is 46.8 Å². The van der Waals surface area contributed by atoms with Crippen molar-refractivity contribution >= 4 is 40.0 Å². The van der Waals surface area contributed by atoms with Crippen molar-refractivity contribution in [2.45, 2.75) is 31.5 Å². The third-order valence-electron chi connectivity index (χ3n) is 7.27. The first-order valence-corrected chi connectivity index (χ1v) is 12.8. The largest absolute Gasteiger partial charge is 0.416 e. The fraction of sp³-hybridized carbons (Fsp3) is 0.250. The first-order valence-electron chi connectivity index (χ1n) is 12.4. The molecule has 40 heavy (non-hydrogen) atoms. The number of alkyl halides is 3. The number of rotatable bonds is 5. The smallest absolute Gasteiger partial charge is 0.341 e. The minimum Gasteiger partial charge on any atom is -0.341 e. The highest BCUT2D eigenvalue weighted by atomic mass is 35.5. The van der Waals surface area contributed by atoms with E-state index in [-0.39, 0.29) is 27.4 Å². The normalized spacial score (nSPS) is 16.8. The molecule has 6 nitrogen and oxygen atoms in total. The van der Waals surface area contributed by atoms with Crippen molar-refractivity contribution < 1.29 is 31.5 Å². The molecule has 2 amide bonds. The molecule has 0 spiro atoms. The highest BCUT2D eigenvalue weighted by Crippen LogP contribution is 2.44. The molecule has 2 N–H and O–H groups in total. The number of nitrogens with one attached hydrogen (secondary N) is 2. The number of carbonyl (C=O) groups is 2. The van der Waals surface area contributed by atoms with Crippen LogP contribution in [0.4, 0.5) is 27.6 Å². The summed E-state index contributed by atoms with van der Waals surface area (Å²) in [4.78, 5) is 26.6. The highest BCUT2D eigenvalue weighted by Gasteiger charge is 2.38. The van der Waals surface area contributed by atoms with Crippen LogP contribution in [0.2, 0.25) is 5.02 Å². The van der Waals surface area contributed by atoms with E-state index in [1.54, 1.807) is 17.8 Å². The van der Waals surface area contributed by atoms with E-state index in [9.17, 15) is 31.5 Å². The number of nitrogens with zero attached hydrogens (tertiary/aromatic N) is 2. The number of halogens is 6. The molecular formula is C28H20ClF5N4O2. The van der Waals surface area contributed by atoms with Gasteiger partial charge in [0.1, 0.15) is 17.2 Å². The van der Waals surface area contributed by atoms with Crippen molar-refractivity contribution in [2.24, 2.45) is 13.0 Å². The summed E-state index contributed by atoms with van der Waals surface area (Å²) in [7, 11) is 1.74. The zero-order valence-electron chi connectivity index (χ0n) is 20.8. The van der Waals surface area contributed by atoms with Gasteiger partial charge in [-0.25, -0.2) is 8.78 Å². The van der Waals surface area contributed by atoms with E-state index in [1.807, 2.05) is 0 Å². The van der Waals surface area contributed by atoms with Crippen molar-refractivity contribution in [1.29, 1.82) is 0 Å². The quantitative estimate of drug-likeness (QED) is 0.265. The lowest BCUT2D eigenvalue weighted by atomic mass is 9.93.